The van der Waals surface area contributed by atoms with Crippen LogP contribution in [-0.2, 0) is 4.79 Å². The number of guanidine groups is 1. The third kappa shape index (κ3) is 4.03. The number of nitrogens with zero attached hydrogens (tertiary/aromatic N) is 2. The molecule has 1 heterocycles. The van der Waals surface area contributed by atoms with E-state index in [-0.39, 0.29) is 22.8 Å². The molecule has 1 rings (SSSR count). The number of hydrogen-bond donors (Lipinski definition) is 4. The van der Waals surface area contributed by atoms with Gasteiger partial charge in [-0.15, -0.1) is 0 Å². The van der Waals surface area contributed by atoms with Gasteiger partial charge in [-0.3, -0.25) is 15.5 Å². The zero-order valence-corrected chi connectivity index (χ0v) is 11.8. The number of amidine groups is 1. The van der Waals surface area contributed by atoms with Crippen molar-refractivity contribution in [3.8, 4) is 6.07 Å². The fourth-order valence-corrected chi connectivity index (χ4v) is 1.81. The smallest absolute Gasteiger partial charge is 0.237 e. The zero-order chi connectivity index (χ0) is 15.3. The topological polar surface area (TPSA) is 154 Å². The number of carbonyl (C=O) groups is 1. The Morgan fingerprint density at radius 2 is 2.20 bits per heavy atom. The molecular formula is C11H14N6O2S. The van der Waals surface area contributed by atoms with Crippen LogP contribution in [0.1, 0.15) is 16.9 Å². The molecule has 1 aromatic heterocycles. The van der Waals surface area contributed by atoms with Crippen molar-refractivity contribution in [1.82, 2.24) is 0 Å². The number of aliphatic imine (C=N–C) groups is 1. The van der Waals surface area contributed by atoms with Crippen molar-refractivity contribution in [3.05, 3.63) is 16.9 Å². The van der Waals surface area contributed by atoms with Gasteiger partial charge in [0.05, 0.1) is 5.75 Å². The highest BCUT2D eigenvalue weighted by molar-refractivity contribution is 8.14. The summed E-state index contributed by atoms with van der Waals surface area (Å²) in [6.07, 6.45) is 0. The summed E-state index contributed by atoms with van der Waals surface area (Å²) in [7, 11) is 0. The number of amides is 1. The van der Waals surface area contributed by atoms with E-state index in [0.29, 0.717) is 16.9 Å². The van der Waals surface area contributed by atoms with Crippen LogP contribution in [0.15, 0.2) is 9.41 Å². The van der Waals surface area contributed by atoms with Gasteiger partial charge in [0, 0.05) is 5.56 Å². The molecule has 0 saturated heterocycles. The van der Waals surface area contributed by atoms with Crippen molar-refractivity contribution >= 4 is 34.7 Å². The van der Waals surface area contributed by atoms with Crippen LogP contribution in [0.4, 0.5) is 5.88 Å². The standard InChI is InChI=1S/C11H14N6O2S/c1-5-6(2)19-9(7(5)3-12)16-8(18)4-20-11(15)17-10(13)14/h4H2,1-2H3,(H,16,18)(H5,13,14,15,17). The van der Waals surface area contributed by atoms with Gasteiger partial charge in [-0.05, 0) is 13.8 Å². The quantitative estimate of drug-likeness (QED) is 0.474. The van der Waals surface area contributed by atoms with E-state index in [1.165, 1.54) is 0 Å². The molecule has 0 fully saturated rings. The summed E-state index contributed by atoms with van der Waals surface area (Å²) in [5.74, 6) is -0.0544. The van der Waals surface area contributed by atoms with Gasteiger partial charge in [-0.25, -0.2) is 0 Å². The lowest BCUT2D eigenvalue weighted by molar-refractivity contribution is -0.113. The van der Waals surface area contributed by atoms with Crippen LogP contribution in [0, 0.1) is 30.6 Å². The number of hydrogen-bond acceptors (Lipinski definition) is 5. The van der Waals surface area contributed by atoms with E-state index in [4.69, 9.17) is 26.6 Å². The van der Waals surface area contributed by atoms with Crippen LogP contribution >= 0.6 is 11.8 Å². The SMILES string of the molecule is Cc1oc(NC(=O)CSC(=N)N=C(N)N)c(C#N)c1C. The van der Waals surface area contributed by atoms with Crippen molar-refractivity contribution < 1.29 is 9.21 Å². The molecule has 20 heavy (non-hydrogen) atoms. The van der Waals surface area contributed by atoms with Gasteiger partial charge in [-0.2, -0.15) is 10.3 Å². The first-order valence-electron chi connectivity index (χ1n) is 5.46. The van der Waals surface area contributed by atoms with E-state index in [1.54, 1.807) is 13.8 Å². The van der Waals surface area contributed by atoms with Crippen LogP contribution in [0.25, 0.3) is 0 Å². The van der Waals surface area contributed by atoms with Crippen LogP contribution in [0.5, 0.6) is 0 Å². The highest BCUT2D eigenvalue weighted by Gasteiger charge is 2.16. The number of carbonyl (C=O) groups excluding carboxylic acids is 1. The first-order chi connectivity index (χ1) is 9.35. The highest BCUT2D eigenvalue weighted by Crippen LogP contribution is 2.25. The van der Waals surface area contributed by atoms with Gasteiger partial charge < -0.3 is 15.9 Å². The van der Waals surface area contributed by atoms with Gasteiger partial charge >= 0.3 is 0 Å². The fourth-order valence-electron chi connectivity index (χ4n) is 1.30. The summed E-state index contributed by atoms with van der Waals surface area (Å²) in [6.45, 7) is 3.44. The molecule has 0 aliphatic heterocycles. The van der Waals surface area contributed by atoms with Crippen LogP contribution in [-0.4, -0.2) is 22.8 Å². The van der Waals surface area contributed by atoms with Gasteiger partial charge in [0.25, 0.3) is 0 Å². The summed E-state index contributed by atoms with van der Waals surface area (Å²) in [5, 5.41) is 18.7. The lowest BCUT2D eigenvalue weighted by Crippen LogP contribution is -2.24. The molecule has 0 aliphatic carbocycles. The molecule has 9 heteroatoms. The fraction of sp³-hybridized carbons (Fsp3) is 0.273. The van der Waals surface area contributed by atoms with Crippen molar-refractivity contribution in [2.75, 3.05) is 11.1 Å². The Hall–Kier alpha value is -2.47. The first-order valence-corrected chi connectivity index (χ1v) is 6.44. The predicted molar refractivity (Wildman–Crippen MR) is 77.5 cm³/mol. The number of nitrogens with two attached hydrogens (primary N) is 2. The van der Waals surface area contributed by atoms with Gasteiger partial charge in [0.2, 0.25) is 11.8 Å². The number of furan rings is 1. The van der Waals surface area contributed by atoms with Crippen molar-refractivity contribution in [3.63, 3.8) is 0 Å². The maximum absolute atomic E-state index is 11.7. The highest BCUT2D eigenvalue weighted by atomic mass is 32.2. The second-order valence-electron chi connectivity index (χ2n) is 3.78. The Kier molecular flexibility index (Phi) is 5.16. The molecular weight excluding hydrogens is 280 g/mol. The number of nitrogens with one attached hydrogen (secondary N) is 2. The molecule has 1 aromatic rings. The molecule has 106 valence electrons. The van der Waals surface area contributed by atoms with E-state index >= 15 is 0 Å². The molecule has 0 bridgehead atoms. The normalized spacial score (nSPS) is 9.65. The molecule has 0 aliphatic rings. The van der Waals surface area contributed by atoms with E-state index in [1.807, 2.05) is 6.07 Å². The maximum Gasteiger partial charge on any atom is 0.237 e. The lowest BCUT2D eigenvalue weighted by Gasteiger charge is -2.01. The molecule has 0 atom stereocenters. The Bertz CT molecular complexity index is 609. The Labute approximate surface area is 119 Å². The molecule has 0 saturated carbocycles. The average molecular weight is 294 g/mol. The Balaban J connectivity index is 2.64. The molecule has 0 spiro atoms. The largest absolute Gasteiger partial charge is 0.444 e. The second-order valence-corrected chi connectivity index (χ2v) is 4.74. The van der Waals surface area contributed by atoms with Crippen LogP contribution in [0.3, 0.4) is 0 Å². The maximum atomic E-state index is 11.7. The van der Waals surface area contributed by atoms with Crippen molar-refractivity contribution in [1.29, 1.82) is 10.7 Å². The van der Waals surface area contributed by atoms with Crippen LogP contribution < -0.4 is 16.8 Å². The first kappa shape index (κ1) is 15.6. The number of anilines is 1. The third-order valence-corrected chi connectivity index (χ3v) is 3.09. The van der Waals surface area contributed by atoms with E-state index in [0.717, 1.165) is 11.8 Å². The number of nitriles is 1. The predicted octanol–water partition coefficient (Wildman–Crippen LogP) is 0.648. The number of aryl methyl sites for hydroxylation is 1. The van der Waals surface area contributed by atoms with E-state index < -0.39 is 5.91 Å². The van der Waals surface area contributed by atoms with Gasteiger partial charge in [0.15, 0.2) is 11.1 Å². The summed E-state index contributed by atoms with van der Waals surface area (Å²) in [5.41, 5.74) is 11.2. The summed E-state index contributed by atoms with van der Waals surface area (Å²) in [4.78, 5) is 15.2. The minimum atomic E-state index is -0.421. The summed E-state index contributed by atoms with van der Waals surface area (Å²) >= 11 is 0.856. The van der Waals surface area contributed by atoms with E-state index in [2.05, 4.69) is 10.3 Å². The average Bonchev–Trinajstić information content (AvgIpc) is 2.61. The molecule has 0 radical (unpaired) electrons. The monoisotopic (exact) mass is 294 g/mol. The van der Waals surface area contributed by atoms with Gasteiger partial charge in [0.1, 0.15) is 17.4 Å². The molecule has 0 unspecified atom stereocenters. The summed E-state index contributed by atoms with van der Waals surface area (Å²) < 4.78 is 5.29. The molecule has 0 aromatic carbocycles. The Morgan fingerprint density at radius 1 is 1.55 bits per heavy atom. The van der Waals surface area contributed by atoms with Crippen molar-refractivity contribution in [2.24, 2.45) is 16.5 Å². The lowest BCUT2D eigenvalue weighted by atomic mass is 10.2. The second kappa shape index (κ2) is 6.63. The van der Waals surface area contributed by atoms with Crippen molar-refractivity contribution in [2.45, 2.75) is 13.8 Å². The number of thioether (sulfide) groups is 1. The molecule has 8 nitrogen and oxygen atoms in total. The molecule has 6 N–H and O–H groups in total. The number of rotatable bonds is 3. The van der Waals surface area contributed by atoms with E-state index in [9.17, 15) is 4.79 Å². The van der Waals surface area contributed by atoms with Gasteiger partial charge in [-0.1, -0.05) is 11.8 Å². The zero-order valence-electron chi connectivity index (χ0n) is 11.0. The minimum Gasteiger partial charge on any atom is -0.444 e. The molecule has 1 amide bonds. The summed E-state index contributed by atoms with van der Waals surface area (Å²) in [6, 6.07) is 1.97. The third-order valence-electron chi connectivity index (χ3n) is 2.32. The van der Waals surface area contributed by atoms with Crippen LogP contribution in [0.2, 0.25) is 0 Å². The Morgan fingerprint density at radius 3 is 2.75 bits per heavy atom. The minimum absolute atomic E-state index is 0.0702.